The molecule has 0 saturated carbocycles. The molecule has 21 heavy (non-hydrogen) atoms. The van der Waals surface area contributed by atoms with Crippen molar-refractivity contribution >= 4 is 12.0 Å². The van der Waals surface area contributed by atoms with E-state index in [1.54, 1.807) is 19.1 Å². The van der Waals surface area contributed by atoms with Crippen molar-refractivity contribution in [3.8, 4) is 5.75 Å². The Labute approximate surface area is 124 Å². The molecule has 2 rings (SSSR count). The highest BCUT2D eigenvalue weighted by atomic mass is 16.5. The number of hydrogen-bond donors (Lipinski definition) is 2. The first-order valence-corrected chi connectivity index (χ1v) is 6.83. The van der Waals surface area contributed by atoms with E-state index in [0.717, 1.165) is 11.8 Å². The molecular weight excluding hydrogens is 266 g/mol. The van der Waals surface area contributed by atoms with E-state index in [4.69, 9.17) is 10.5 Å². The number of aldehydes is 1. The van der Waals surface area contributed by atoms with E-state index < -0.39 is 6.10 Å². The van der Waals surface area contributed by atoms with Gasteiger partial charge in [0, 0.05) is 12.0 Å². The number of aliphatic hydroxyl groups is 1. The highest BCUT2D eigenvalue weighted by Crippen LogP contribution is 2.29. The highest BCUT2D eigenvalue weighted by molar-refractivity contribution is 5.82. The van der Waals surface area contributed by atoms with Crippen LogP contribution in [0.2, 0.25) is 0 Å². The fourth-order valence-corrected chi connectivity index (χ4v) is 2.15. The molecule has 0 bridgehead atoms. The number of hydrogen-bond acceptors (Lipinski definition) is 4. The van der Waals surface area contributed by atoms with Crippen LogP contribution >= 0.6 is 0 Å². The molecule has 0 aliphatic rings. The fraction of sp³-hybridized carbons (Fsp3) is 0.235. The molecule has 0 spiro atoms. The molecule has 0 unspecified atom stereocenters. The Kier molecular flexibility index (Phi) is 4.95. The Morgan fingerprint density at radius 2 is 1.95 bits per heavy atom. The molecule has 2 aromatic rings. The third-order valence-corrected chi connectivity index (χ3v) is 3.22. The van der Waals surface area contributed by atoms with Crippen LogP contribution in [0.1, 0.15) is 28.4 Å². The molecule has 0 aromatic heterocycles. The molecular formula is C17H19NO3. The summed E-state index contributed by atoms with van der Waals surface area (Å²) < 4.78 is 5.72. The van der Waals surface area contributed by atoms with Gasteiger partial charge in [-0.25, -0.2) is 0 Å². The van der Waals surface area contributed by atoms with E-state index in [-0.39, 0.29) is 0 Å². The zero-order valence-electron chi connectivity index (χ0n) is 12.0. The van der Waals surface area contributed by atoms with Gasteiger partial charge in [0.25, 0.3) is 0 Å². The van der Waals surface area contributed by atoms with E-state index in [1.807, 2.05) is 30.3 Å². The summed E-state index contributed by atoms with van der Waals surface area (Å²) in [5, 5.41) is 9.54. The lowest BCUT2D eigenvalue weighted by Gasteiger charge is -2.15. The van der Waals surface area contributed by atoms with Gasteiger partial charge in [0.2, 0.25) is 0 Å². The Balaban J connectivity index is 2.22. The smallest absolute Gasteiger partial charge is 0.150 e. The third kappa shape index (κ3) is 3.83. The van der Waals surface area contributed by atoms with E-state index in [1.165, 1.54) is 0 Å². The molecule has 0 amide bonds. The summed E-state index contributed by atoms with van der Waals surface area (Å²) in [7, 11) is 0. The van der Waals surface area contributed by atoms with Crippen LogP contribution in [0.4, 0.5) is 5.69 Å². The zero-order valence-corrected chi connectivity index (χ0v) is 12.0. The van der Waals surface area contributed by atoms with Crippen LogP contribution in [0.5, 0.6) is 5.75 Å². The SMILES string of the molecule is C[C@@H](O)Cc1c(C=O)ccc(OCc2ccccc2)c1N. The number of nitrogen functional groups attached to an aromatic ring is 1. The topological polar surface area (TPSA) is 72.5 Å². The van der Waals surface area contributed by atoms with Crippen LogP contribution in [0.15, 0.2) is 42.5 Å². The summed E-state index contributed by atoms with van der Waals surface area (Å²) in [5.41, 5.74) is 8.64. The van der Waals surface area contributed by atoms with E-state index in [0.29, 0.717) is 35.6 Å². The number of benzene rings is 2. The van der Waals surface area contributed by atoms with Crippen molar-refractivity contribution < 1.29 is 14.6 Å². The number of carbonyl (C=O) groups is 1. The minimum atomic E-state index is -0.574. The van der Waals surface area contributed by atoms with Crippen molar-refractivity contribution in [2.75, 3.05) is 5.73 Å². The predicted octanol–water partition coefficient (Wildman–Crippen LogP) is 2.58. The normalized spacial score (nSPS) is 11.9. The highest BCUT2D eigenvalue weighted by Gasteiger charge is 2.13. The van der Waals surface area contributed by atoms with Crippen LogP contribution in [0.3, 0.4) is 0 Å². The number of ether oxygens (including phenoxy) is 1. The van der Waals surface area contributed by atoms with Crippen molar-refractivity contribution in [2.45, 2.75) is 26.1 Å². The molecule has 0 aliphatic carbocycles. The second-order valence-electron chi connectivity index (χ2n) is 4.99. The second-order valence-corrected chi connectivity index (χ2v) is 4.99. The Morgan fingerprint density at radius 1 is 1.24 bits per heavy atom. The lowest BCUT2D eigenvalue weighted by atomic mass is 10.00. The summed E-state index contributed by atoms with van der Waals surface area (Å²) in [6.07, 6.45) is 0.493. The summed E-state index contributed by atoms with van der Waals surface area (Å²) >= 11 is 0. The zero-order chi connectivity index (χ0) is 15.2. The average molecular weight is 285 g/mol. The average Bonchev–Trinajstić information content (AvgIpc) is 2.49. The molecule has 0 radical (unpaired) electrons. The van der Waals surface area contributed by atoms with Gasteiger partial charge in [-0.2, -0.15) is 0 Å². The van der Waals surface area contributed by atoms with Crippen LogP contribution in [-0.4, -0.2) is 17.5 Å². The van der Waals surface area contributed by atoms with Crippen molar-refractivity contribution in [2.24, 2.45) is 0 Å². The third-order valence-electron chi connectivity index (χ3n) is 3.22. The van der Waals surface area contributed by atoms with Crippen molar-refractivity contribution in [1.82, 2.24) is 0 Å². The molecule has 3 N–H and O–H groups in total. The lowest BCUT2D eigenvalue weighted by molar-refractivity contribution is 0.112. The molecule has 4 heteroatoms. The quantitative estimate of drug-likeness (QED) is 0.632. The number of carbonyl (C=O) groups excluding carboxylic acids is 1. The van der Waals surface area contributed by atoms with Gasteiger partial charge in [-0.05, 0) is 30.2 Å². The van der Waals surface area contributed by atoms with Gasteiger partial charge in [-0.15, -0.1) is 0 Å². The first-order valence-electron chi connectivity index (χ1n) is 6.83. The first-order chi connectivity index (χ1) is 10.1. The van der Waals surface area contributed by atoms with Gasteiger partial charge in [0.05, 0.1) is 11.8 Å². The molecule has 2 aromatic carbocycles. The standard InChI is InChI=1S/C17H19NO3/c1-12(20)9-15-14(10-19)7-8-16(17(15)18)21-11-13-5-3-2-4-6-13/h2-8,10,12,20H,9,11,18H2,1H3/t12-/m1/s1. The largest absolute Gasteiger partial charge is 0.487 e. The maximum atomic E-state index is 11.1. The van der Waals surface area contributed by atoms with Crippen molar-refractivity contribution in [3.63, 3.8) is 0 Å². The summed E-state index contributed by atoms with van der Waals surface area (Å²) in [4.78, 5) is 11.1. The van der Waals surface area contributed by atoms with E-state index in [9.17, 15) is 9.90 Å². The molecule has 110 valence electrons. The molecule has 0 heterocycles. The van der Waals surface area contributed by atoms with Crippen LogP contribution in [0, 0.1) is 0 Å². The van der Waals surface area contributed by atoms with Crippen LogP contribution in [0.25, 0.3) is 0 Å². The molecule has 0 aliphatic heterocycles. The second kappa shape index (κ2) is 6.90. The van der Waals surface area contributed by atoms with Gasteiger partial charge in [-0.3, -0.25) is 4.79 Å². The molecule has 4 nitrogen and oxygen atoms in total. The van der Waals surface area contributed by atoms with Gasteiger partial charge in [-0.1, -0.05) is 30.3 Å². The minimum absolute atomic E-state index is 0.322. The first kappa shape index (κ1) is 15.1. The Hall–Kier alpha value is -2.33. The van der Waals surface area contributed by atoms with Gasteiger partial charge in [0.15, 0.2) is 0 Å². The summed E-state index contributed by atoms with van der Waals surface area (Å²) in [6, 6.07) is 13.1. The van der Waals surface area contributed by atoms with E-state index in [2.05, 4.69) is 0 Å². The maximum Gasteiger partial charge on any atom is 0.150 e. The number of anilines is 1. The van der Waals surface area contributed by atoms with Crippen molar-refractivity contribution in [1.29, 1.82) is 0 Å². The van der Waals surface area contributed by atoms with Crippen LogP contribution < -0.4 is 10.5 Å². The molecule has 1 atom stereocenters. The molecule has 0 saturated heterocycles. The Bertz CT molecular complexity index is 609. The summed E-state index contributed by atoms with van der Waals surface area (Å²) in [6.45, 7) is 2.06. The maximum absolute atomic E-state index is 11.1. The van der Waals surface area contributed by atoms with Crippen molar-refractivity contribution in [3.05, 3.63) is 59.2 Å². The predicted molar refractivity (Wildman–Crippen MR) is 82.4 cm³/mol. The number of aliphatic hydroxyl groups excluding tert-OH is 1. The lowest BCUT2D eigenvalue weighted by Crippen LogP contribution is -2.11. The van der Waals surface area contributed by atoms with Gasteiger partial charge >= 0.3 is 0 Å². The fourth-order valence-electron chi connectivity index (χ4n) is 2.15. The monoisotopic (exact) mass is 285 g/mol. The summed E-state index contributed by atoms with van der Waals surface area (Å²) in [5.74, 6) is 0.528. The minimum Gasteiger partial charge on any atom is -0.487 e. The molecule has 0 fully saturated rings. The van der Waals surface area contributed by atoms with Gasteiger partial charge in [0.1, 0.15) is 18.6 Å². The van der Waals surface area contributed by atoms with Crippen LogP contribution in [-0.2, 0) is 13.0 Å². The number of rotatable bonds is 6. The Morgan fingerprint density at radius 3 is 2.57 bits per heavy atom. The number of nitrogens with two attached hydrogens (primary N) is 1. The van der Waals surface area contributed by atoms with Gasteiger partial charge < -0.3 is 15.6 Å². The van der Waals surface area contributed by atoms with E-state index >= 15 is 0 Å².